The molecule has 2 aromatic rings. The van der Waals surface area contributed by atoms with Gasteiger partial charge >= 0.3 is 0 Å². The van der Waals surface area contributed by atoms with Gasteiger partial charge in [-0.3, -0.25) is 9.78 Å². The molecule has 28 heavy (non-hydrogen) atoms. The summed E-state index contributed by atoms with van der Waals surface area (Å²) in [6.07, 6.45) is 6.85. The van der Waals surface area contributed by atoms with Crippen LogP contribution >= 0.6 is 11.6 Å². The summed E-state index contributed by atoms with van der Waals surface area (Å²) in [5.74, 6) is 0.831. The molecule has 3 heterocycles. The second kappa shape index (κ2) is 7.68. The van der Waals surface area contributed by atoms with Crippen molar-refractivity contribution >= 4 is 23.3 Å². The molecule has 6 nitrogen and oxygen atoms in total. The van der Waals surface area contributed by atoms with E-state index in [0.29, 0.717) is 5.02 Å². The summed E-state index contributed by atoms with van der Waals surface area (Å²) in [7, 11) is 0. The number of rotatable bonds is 5. The van der Waals surface area contributed by atoms with Gasteiger partial charge in [0.05, 0.1) is 22.7 Å². The topological polar surface area (TPSA) is 78.4 Å². The normalized spacial score (nSPS) is 18.8. The Hall–Kier alpha value is -2.18. The van der Waals surface area contributed by atoms with Crippen LogP contribution in [-0.2, 0) is 4.79 Å². The number of halogens is 1. The van der Waals surface area contributed by atoms with Crippen LogP contribution in [0.1, 0.15) is 37.7 Å². The van der Waals surface area contributed by atoms with Gasteiger partial charge in [0.25, 0.3) is 0 Å². The molecule has 7 heteroatoms. The number of carbonyl (C=O) groups is 1. The molecule has 0 unspecified atom stereocenters. The summed E-state index contributed by atoms with van der Waals surface area (Å²) >= 11 is 6.39. The number of hydrogen-bond donors (Lipinski definition) is 2. The van der Waals surface area contributed by atoms with Crippen LogP contribution < -0.4 is 10.2 Å². The molecule has 0 bridgehead atoms. The maximum absolute atomic E-state index is 12.1. The van der Waals surface area contributed by atoms with Gasteiger partial charge in [0.15, 0.2) is 0 Å². The monoisotopic (exact) mass is 400 g/mol. The molecule has 2 N–H and O–H groups in total. The minimum Gasteiger partial charge on any atom is -0.389 e. The highest BCUT2D eigenvalue weighted by Gasteiger charge is 2.42. The zero-order chi connectivity index (χ0) is 19.7. The number of hydrogen-bond acceptors (Lipinski definition) is 5. The van der Waals surface area contributed by atoms with Gasteiger partial charge in [-0.25, -0.2) is 4.98 Å². The molecule has 1 saturated heterocycles. The lowest BCUT2D eigenvalue weighted by Crippen LogP contribution is -2.45. The number of aryl methyl sites for hydroxylation is 1. The number of carbonyl (C=O) groups excluding carboxylic acids is 1. The standard InChI is InChI=1S/C21H25ClN4O2/c1-14-3-2-8-23-20(14)16-11-18(24-13-17(16)22)26-9-4-15(5-10-26)25-19(27)12-21(28)6-7-21/h2-3,8,11,13,15,28H,4-7,9-10,12H2,1H3,(H,25,27). The number of aliphatic hydroxyl groups is 1. The van der Waals surface area contributed by atoms with Crippen molar-refractivity contribution < 1.29 is 9.90 Å². The van der Waals surface area contributed by atoms with Crippen LogP contribution in [0.4, 0.5) is 5.82 Å². The lowest BCUT2D eigenvalue weighted by Gasteiger charge is -2.33. The fourth-order valence-electron chi connectivity index (χ4n) is 3.70. The third-order valence-electron chi connectivity index (χ3n) is 5.61. The van der Waals surface area contributed by atoms with E-state index >= 15 is 0 Å². The molecule has 148 valence electrons. The molecular formula is C21H25ClN4O2. The first kappa shape index (κ1) is 19.2. The number of piperidine rings is 1. The highest BCUT2D eigenvalue weighted by atomic mass is 35.5. The predicted octanol–water partition coefficient (Wildman–Crippen LogP) is 3.11. The highest BCUT2D eigenvalue weighted by Crippen LogP contribution is 2.38. The molecule has 1 aliphatic heterocycles. The van der Waals surface area contributed by atoms with Crippen LogP contribution in [0.3, 0.4) is 0 Å². The first-order valence-corrected chi connectivity index (χ1v) is 10.2. The Kier molecular flexibility index (Phi) is 5.25. The first-order valence-electron chi connectivity index (χ1n) is 9.78. The van der Waals surface area contributed by atoms with Crippen molar-refractivity contribution in [3.63, 3.8) is 0 Å². The SMILES string of the molecule is Cc1cccnc1-c1cc(N2CCC(NC(=O)CC3(O)CC3)CC2)ncc1Cl. The number of aromatic nitrogens is 2. The van der Waals surface area contributed by atoms with E-state index in [4.69, 9.17) is 11.6 Å². The minimum atomic E-state index is -0.738. The van der Waals surface area contributed by atoms with E-state index in [1.807, 2.05) is 25.1 Å². The van der Waals surface area contributed by atoms with Gasteiger partial charge in [0.1, 0.15) is 5.82 Å². The van der Waals surface area contributed by atoms with Gasteiger partial charge in [-0.15, -0.1) is 0 Å². The third kappa shape index (κ3) is 4.28. The zero-order valence-electron chi connectivity index (χ0n) is 16.0. The van der Waals surface area contributed by atoms with E-state index in [0.717, 1.165) is 61.4 Å². The van der Waals surface area contributed by atoms with Crippen LogP contribution in [-0.4, -0.2) is 45.7 Å². The second-order valence-corrected chi connectivity index (χ2v) is 8.33. The third-order valence-corrected chi connectivity index (χ3v) is 5.91. The van der Waals surface area contributed by atoms with Gasteiger partial charge in [0.2, 0.25) is 5.91 Å². The average molecular weight is 401 g/mol. The van der Waals surface area contributed by atoms with Crippen molar-refractivity contribution in [1.29, 1.82) is 0 Å². The van der Waals surface area contributed by atoms with Crippen molar-refractivity contribution in [2.75, 3.05) is 18.0 Å². The molecule has 1 amide bonds. The molecule has 1 aliphatic carbocycles. The fourth-order valence-corrected chi connectivity index (χ4v) is 3.89. The molecule has 2 aromatic heterocycles. The molecular weight excluding hydrogens is 376 g/mol. The lowest BCUT2D eigenvalue weighted by atomic mass is 10.0. The highest BCUT2D eigenvalue weighted by molar-refractivity contribution is 6.33. The Bertz CT molecular complexity index is 876. The predicted molar refractivity (Wildman–Crippen MR) is 109 cm³/mol. The summed E-state index contributed by atoms with van der Waals surface area (Å²) in [6.45, 7) is 3.64. The number of amides is 1. The number of nitrogens with one attached hydrogen (secondary N) is 1. The molecule has 2 fully saturated rings. The summed E-state index contributed by atoms with van der Waals surface area (Å²) in [4.78, 5) is 23.3. The summed E-state index contributed by atoms with van der Waals surface area (Å²) in [6, 6.07) is 6.08. The minimum absolute atomic E-state index is 0.0454. The molecule has 2 aliphatic rings. The molecule has 4 rings (SSSR count). The average Bonchev–Trinajstić information content (AvgIpc) is 3.40. The number of pyridine rings is 2. The van der Waals surface area contributed by atoms with Gasteiger partial charge in [-0.1, -0.05) is 17.7 Å². The summed E-state index contributed by atoms with van der Waals surface area (Å²) < 4.78 is 0. The second-order valence-electron chi connectivity index (χ2n) is 7.92. The first-order chi connectivity index (χ1) is 13.4. The van der Waals surface area contributed by atoms with Crippen LogP contribution in [0.15, 0.2) is 30.6 Å². The Morgan fingerprint density at radius 1 is 1.36 bits per heavy atom. The van der Waals surface area contributed by atoms with Crippen molar-refractivity contribution in [2.45, 2.75) is 50.7 Å². The van der Waals surface area contributed by atoms with Crippen molar-refractivity contribution in [3.8, 4) is 11.3 Å². The molecule has 1 saturated carbocycles. The van der Waals surface area contributed by atoms with Gasteiger partial charge in [-0.2, -0.15) is 0 Å². The molecule has 0 radical (unpaired) electrons. The number of nitrogens with zero attached hydrogens (tertiary/aromatic N) is 3. The van der Waals surface area contributed by atoms with E-state index < -0.39 is 5.60 Å². The summed E-state index contributed by atoms with van der Waals surface area (Å²) in [5, 5.41) is 13.5. The van der Waals surface area contributed by atoms with Crippen molar-refractivity contribution in [1.82, 2.24) is 15.3 Å². The van der Waals surface area contributed by atoms with E-state index in [1.54, 1.807) is 12.4 Å². The maximum Gasteiger partial charge on any atom is 0.223 e. The quantitative estimate of drug-likeness (QED) is 0.806. The Balaban J connectivity index is 1.40. The fraction of sp³-hybridized carbons (Fsp3) is 0.476. The lowest BCUT2D eigenvalue weighted by molar-refractivity contribution is -0.124. The number of anilines is 1. The molecule has 0 spiro atoms. The Morgan fingerprint density at radius 2 is 2.11 bits per heavy atom. The maximum atomic E-state index is 12.1. The van der Waals surface area contributed by atoms with Gasteiger partial charge in [0, 0.05) is 37.1 Å². The van der Waals surface area contributed by atoms with E-state index in [1.165, 1.54) is 0 Å². The van der Waals surface area contributed by atoms with Crippen LogP contribution in [0, 0.1) is 6.92 Å². The van der Waals surface area contributed by atoms with Crippen LogP contribution in [0.2, 0.25) is 5.02 Å². The van der Waals surface area contributed by atoms with E-state index in [2.05, 4.69) is 20.2 Å². The Morgan fingerprint density at radius 3 is 2.79 bits per heavy atom. The smallest absolute Gasteiger partial charge is 0.223 e. The van der Waals surface area contributed by atoms with E-state index in [-0.39, 0.29) is 18.4 Å². The molecule has 0 atom stereocenters. The summed E-state index contributed by atoms with van der Waals surface area (Å²) in [5.41, 5.74) is 2.09. The van der Waals surface area contributed by atoms with Crippen LogP contribution in [0.5, 0.6) is 0 Å². The largest absolute Gasteiger partial charge is 0.389 e. The van der Waals surface area contributed by atoms with Crippen molar-refractivity contribution in [2.24, 2.45) is 0 Å². The van der Waals surface area contributed by atoms with E-state index in [9.17, 15) is 9.90 Å². The van der Waals surface area contributed by atoms with Crippen LogP contribution in [0.25, 0.3) is 11.3 Å². The van der Waals surface area contributed by atoms with Gasteiger partial charge < -0.3 is 15.3 Å². The van der Waals surface area contributed by atoms with Gasteiger partial charge in [-0.05, 0) is 50.3 Å². The Labute approximate surface area is 169 Å². The molecule has 0 aromatic carbocycles. The zero-order valence-corrected chi connectivity index (χ0v) is 16.7. The van der Waals surface area contributed by atoms with Crippen molar-refractivity contribution in [3.05, 3.63) is 41.2 Å².